The SMILES string of the molecule is COC(=O)C1CCN(C(=O)Cc2ccc(NCc3cnc4nc(N)nc(N)c4n3)cc2)CC1. The van der Waals surface area contributed by atoms with E-state index in [1.807, 2.05) is 29.2 Å². The van der Waals surface area contributed by atoms with Crippen LogP contribution in [0.15, 0.2) is 30.5 Å². The molecule has 33 heavy (non-hydrogen) atoms. The average molecular weight is 451 g/mol. The molecule has 1 aromatic carbocycles. The van der Waals surface area contributed by atoms with E-state index in [-0.39, 0.29) is 29.6 Å². The standard InChI is InChI=1S/C22H26N8O3/c1-33-21(32)14-6-8-30(9-7-14)17(31)10-13-2-4-15(5-3-13)25-11-16-12-26-20-18(27-16)19(23)28-22(24)29-20/h2-5,12,14,25H,6-11H2,1H3,(H4,23,24,26,28,29). The molecule has 0 saturated carbocycles. The van der Waals surface area contributed by atoms with Crippen LogP contribution in [0, 0.1) is 5.92 Å². The molecule has 0 atom stereocenters. The molecule has 3 heterocycles. The van der Waals surface area contributed by atoms with Crippen LogP contribution in [0.25, 0.3) is 11.2 Å². The van der Waals surface area contributed by atoms with Crippen LogP contribution in [0.2, 0.25) is 0 Å². The van der Waals surface area contributed by atoms with E-state index < -0.39 is 0 Å². The number of aromatic nitrogens is 4. The Labute approximate surface area is 190 Å². The lowest BCUT2D eigenvalue weighted by atomic mass is 9.96. The summed E-state index contributed by atoms with van der Waals surface area (Å²) >= 11 is 0. The van der Waals surface area contributed by atoms with Crippen molar-refractivity contribution in [3.63, 3.8) is 0 Å². The smallest absolute Gasteiger partial charge is 0.308 e. The number of nitrogens with two attached hydrogens (primary N) is 2. The Hall–Kier alpha value is -4.02. The van der Waals surface area contributed by atoms with Gasteiger partial charge in [-0.3, -0.25) is 9.59 Å². The Kier molecular flexibility index (Phi) is 6.48. The van der Waals surface area contributed by atoms with Crippen LogP contribution in [0.3, 0.4) is 0 Å². The highest BCUT2D eigenvalue weighted by Crippen LogP contribution is 2.20. The summed E-state index contributed by atoms with van der Waals surface area (Å²) in [5, 5.41) is 3.27. The number of ether oxygens (including phenoxy) is 1. The number of amides is 1. The van der Waals surface area contributed by atoms with Gasteiger partial charge in [-0.05, 0) is 30.5 Å². The Morgan fingerprint density at radius 2 is 1.85 bits per heavy atom. The molecule has 4 rings (SSSR count). The Morgan fingerprint density at radius 3 is 2.55 bits per heavy atom. The summed E-state index contributed by atoms with van der Waals surface area (Å²) in [5.41, 5.74) is 14.7. The van der Waals surface area contributed by atoms with Gasteiger partial charge in [-0.25, -0.2) is 9.97 Å². The molecule has 1 amide bonds. The second-order valence-corrected chi connectivity index (χ2v) is 7.91. The molecule has 1 saturated heterocycles. The number of esters is 1. The molecule has 1 aliphatic rings. The fourth-order valence-electron chi connectivity index (χ4n) is 3.82. The van der Waals surface area contributed by atoms with Crippen molar-refractivity contribution in [3.05, 3.63) is 41.7 Å². The Balaban J connectivity index is 1.30. The first-order valence-corrected chi connectivity index (χ1v) is 10.7. The van der Waals surface area contributed by atoms with E-state index in [4.69, 9.17) is 16.2 Å². The number of anilines is 3. The van der Waals surface area contributed by atoms with E-state index in [2.05, 4.69) is 25.3 Å². The predicted octanol–water partition coefficient (Wildman–Crippen LogP) is 1.15. The maximum absolute atomic E-state index is 12.6. The van der Waals surface area contributed by atoms with Gasteiger partial charge < -0.3 is 26.4 Å². The quantitative estimate of drug-likeness (QED) is 0.464. The average Bonchev–Trinajstić information content (AvgIpc) is 2.83. The van der Waals surface area contributed by atoms with Gasteiger partial charge in [-0.15, -0.1) is 0 Å². The second kappa shape index (κ2) is 9.63. The van der Waals surface area contributed by atoms with E-state index in [1.54, 1.807) is 6.20 Å². The lowest BCUT2D eigenvalue weighted by Crippen LogP contribution is -2.41. The van der Waals surface area contributed by atoms with Crippen LogP contribution in [-0.4, -0.2) is 56.9 Å². The zero-order valence-corrected chi connectivity index (χ0v) is 18.3. The number of likely N-dealkylation sites (tertiary alicyclic amines) is 1. The molecule has 5 N–H and O–H groups in total. The van der Waals surface area contributed by atoms with E-state index in [9.17, 15) is 9.59 Å². The highest BCUT2D eigenvalue weighted by atomic mass is 16.5. The molecule has 0 bridgehead atoms. The minimum absolute atomic E-state index is 0.0597. The topological polar surface area (TPSA) is 162 Å². The van der Waals surface area contributed by atoms with Crippen molar-refractivity contribution in [2.45, 2.75) is 25.8 Å². The molecule has 0 aliphatic carbocycles. The van der Waals surface area contributed by atoms with E-state index in [0.29, 0.717) is 55.8 Å². The van der Waals surface area contributed by atoms with Crippen LogP contribution < -0.4 is 16.8 Å². The van der Waals surface area contributed by atoms with Crippen molar-refractivity contribution >= 4 is 40.5 Å². The van der Waals surface area contributed by atoms with E-state index in [1.165, 1.54) is 7.11 Å². The van der Waals surface area contributed by atoms with Crippen molar-refractivity contribution < 1.29 is 14.3 Å². The van der Waals surface area contributed by atoms with Crippen molar-refractivity contribution in [1.29, 1.82) is 0 Å². The summed E-state index contributed by atoms with van der Waals surface area (Å²) in [7, 11) is 1.40. The lowest BCUT2D eigenvalue weighted by molar-refractivity contribution is -0.148. The van der Waals surface area contributed by atoms with Crippen molar-refractivity contribution in [1.82, 2.24) is 24.8 Å². The summed E-state index contributed by atoms with van der Waals surface area (Å²) in [6, 6.07) is 7.67. The number of nitrogen functional groups attached to an aromatic ring is 2. The van der Waals surface area contributed by atoms with Gasteiger partial charge in [0.25, 0.3) is 0 Å². The second-order valence-electron chi connectivity index (χ2n) is 7.91. The van der Waals surface area contributed by atoms with Crippen LogP contribution in [0.1, 0.15) is 24.1 Å². The van der Waals surface area contributed by atoms with Gasteiger partial charge in [0.2, 0.25) is 11.9 Å². The number of carbonyl (C=O) groups excluding carboxylic acids is 2. The number of hydrogen-bond acceptors (Lipinski definition) is 10. The van der Waals surface area contributed by atoms with E-state index >= 15 is 0 Å². The molecule has 0 radical (unpaired) electrons. The number of nitrogens with zero attached hydrogens (tertiary/aromatic N) is 5. The summed E-state index contributed by atoms with van der Waals surface area (Å²) in [5.74, 6) is 0.00544. The summed E-state index contributed by atoms with van der Waals surface area (Å²) in [6.07, 6.45) is 3.22. The molecule has 2 aromatic heterocycles. The number of piperidine rings is 1. The first kappa shape index (κ1) is 22.2. The number of hydrogen-bond donors (Lipinski definition) is 3. The number of carbonyl (C=O) groups is 2. The van der Waals surface area contributed by atoms with Gasteiger partial charge in [0.15, 0.2) is 17.0 Å². The van der Waals surface area contributed by atoms with Gasteiger partial charge in [0.05, 0.1) is 37.9 Å². The zero-order valence-electron chi connectivity index (χ0n) is 18.3. The van der Waals surface area contributed by atoms with E-state index in [0.717, 1.165) is 11.3 Å². The van der Waals surface area contributed by atoms with Gasteiger partial charge in [0, 0.05) is 18.8 Å². The van der Waals surface area contributed by atoms with Crippen LogP contribution >= 0.6 is 0 Å². The maximum atomic E-state index is 12.6. The van der Waals surface area contributed by atoms with Gasteiger partial charge in [0.1, 0.15) is 0 Å². The molecule has 3 aromatic rings. The minimum Gasteiger partial charge on any atom is -0.469 e. The Morgan fingerprint density at radius 1 is 1.12 bits per heavy atom. The number of fused-ring (bicyclic) bond motifs is 1. The van der Waals surface area contributed by atoms with Gasteiger partial charge >= 0.3 is 5.97 Å². The van der Waals surface area contributed by atoms with Crippen molar-refractivity contribution in [3.8, 4) is 0 Å². The first-order chi connectivity index (χ1) is 15.9. The molecule has 0 unspecified atom stereocenters. The first-order valence-electron chi connectivity index (χ1n) is 10.7. The lowest BCUT2D eigenvalue weighted by Gasteiger charge is -2.30. The third-order valence-corrected chi connectivity index (χ3v) is 5.67. The fraction of sp³-hybridized carbons (Fsp3) is 0.364. The van der Waals surface area contributed by atoms with Crippen molar-refractivity contribution in [2.75, 3.05) is 37.0 Å². The number of rotatable bonds is 6. The molecule has 1 aliphatic heterocycles. The Bertz CT molecular complexity index is 1160. The molecule has 0 spiro atoms. The minimum atomic E-state index is -0.193. The predicted molar refractivity (Wildman–Crippen MR) is 123 cm³/mol. The fourth-order valence-corrected chi connectivity index (χ4v) is 3.82. The highest BCUT2D eigenvalue weighted by molar-refractivity contribution is 5.82. The summed E-state index contributed by atoms with van der Waals surface area (Å²) < 4.78 is 4.80. The third-order valence-electron chi connectivity index (χ3n) is 5.67. The van der Waals surface area contributed by atoms with Crippen LogP contribution in [0.4, 0.5) is 17.5 Å². The zero-order chi connectivity index (χ0) is 23.4. The highest BCUT2D eigenvalue weighted by Gasteiger charge is 2.27. The monoisotopic (exact) mass is 450 g/mol. The molecular weight excluding hydrogens is 424 g/mol. The van der Waals surface area contributed by atoms with Crippen molar-refractivity contribution in [2.24, 2.45) is 5.92 Å². The largest absolute Gasteiger partial charge is 0.469 e. The maximum Gasteiger partial charge on any atom is 0.308 e. The normalized spacial score (nSPS) is 14.3. The van der Waals surface area contributed by atoms with Gasteiger partial charge in [-0.2, -0.15) is 9.97 Å². The molecule has 11 heteroatoms. The van der Waals surface area contributed by atoms with Crippen LogP contribution in [-0.2, 0) is 27.3 Å². The molecule has 1 fully saturated rings. The van der Waals surface area contributed by atoms with Crippen LogP contribution in [0.5, 0.6) is 0 Å². The third kappa shape index (κ3) is 5.25. The summed E-state index contributed by atoms with van der Waals surface area (Å²) in [4.78, 5) is 42.7. The molecule has 172 valence electrons. The molecule has 11 nitrogen and oxygen atoms in total. The number of nitrogens with one attached hydrogen (secondary N) is 1. The summed E-state index contributed by atoms with van der Waals surface area (Å²) in [6.45, 7) is 1.58. The number of benzene rings is 1. The number of methoxy groups -OCH3 is 1. The molecular formula is C22H26N8O3. The van der Waals surface area contributed by atoms with Gasteiger partial charge in [-0.1, -0.05) is 12.1 Å².